The van der Waals surface area contributed by atoms with Crippen LogP contribution >= 0.6 is 11.6 Å². The Morgan fingerprint density at radius 3 is 2.06 bits per heavy atom. The van der Waals surface area contributed by atoms with Crippen molar-refractivity contribution < 1.29 is 4.42 Å². The minimum atomic E-state index is 0.0463. The summed E-state index contributed by atoms with van der Waals surface area (Å²) in [6.45, 7) is 6.41. The first-order valence-corrected chi connectivity index (χ1v) is 5.71. The molecule has 0 N–H and O–H groups in total. The maximum Gasteiger partial charge on any atom is 0.134 e. The third-order valence-electron chi connectivity index (χ3n) is 2.47. The third-order valence-corrected chi connectivity index (χ3v) is 2.73. The van der Waals surface area contributed by atoms with E-state index in [0.29, 0.717) is 0 Å². The van der Waals surface area contributed by atoms with Gasteiger partial charge in [0, 0.05) is 16.0 Å². The van der Waals surface area contributed by atoms with Crippen molar-refractivity contribution in [3.05, 3.63) is 47.2 Å². The lowest BCUT2D eigenvalue weighted by Crippen LogP contribution is -2.08. The zero-order valence-electron chi connectivity index (χ0n) is 9.75. The highest BCUT2D eigenvalue weighted by Gasteiger charge is 2.18. The Morgan fingerprint density at radius 2 is 1.56 bits per heavy atom. The van der Waals surface area contributed by atoms with Gasteiger partial charge in [0.25, 0.3) is 0 Å². The highest BCUT2D eigenvalue weighted by atomic mass is 35.5. The van der Waals surface area contributed by atoms with Gasteiger partial charge in [0.05, 0.1) is 0 Å². The molecule has 1 nitrogen and oxygen atoms in total. The van der Waals surface area contributed by atoms with Crippen LogP contribution in [0, 0.1) is 0 Å². The molecule has 0 unspecified atom stereocenters. The summed E-state index contributed by atoms with van der Waals surface area (Å²) < 4.78 is 5.83. The van der Waals surface area contributed by atoms with Crippen LogP contribution in [0.25, 0.3) is 11.3 Å². The molecule has 0 atom stereocenters. The zero-order chi connectivity index (χ0) is 11.8. The van der Waals surface area contributed by atoms with Crippen LogP contribution in [-0.2, 0) is 5.41 Å². The van der Waals surface area contributed by atoms with Crippen LogP contribution in [0.3, 0.4) is 0 Å². The molecule has 1 heterocycles. The van der Waals surface area contributed by atoms with Gasteiger partial charge < -0.3 is 4.42 Å². The molecule has 0 aliphatic heterocycles. The summed E-state index contributed by atoms with van der Waals surface area (Å²) >= 11 is 5.85. The number of benzene rings is 1. The minimum Gasteiger partial charge on any atom is -0.461 e. The molecule has 0 aliphatic carbocycles. The van der Waals surface area contributed by atoms with Gasteiger partial charge in [0.15, 0.2) is 0 Å². The molecule has 0 bridgehead atoms. The van der Waals surface area contributed by atoms with Crippen molar-refractivity contribution in [2.45, 2.75) is 26.2 Å². The molecule has 0 fully saturated rings. The van der Waals surface area contributed by atoms with Gasteiger partial charge >= 0.3 is 0 Å². The number of hydrogen-bond donors (Lipinski definition) is 0. The molecule has 1 aromatic carbocycles. The first-order valence-electron chi connectivity index (χ1n) is 5.33. The minimum absolute atomic E-state index is 0.0463. The van der Waals surface area contributed by atoms with Crippen molar-refractivity contribution >= 4 is 11.6 Å². The number of halogens is 1. The molecule has 84 valence electrons. The van der Waals surface area contributed by atoms with E-state index in [1.807, 2.05) is 36.4 Å². The van der Waals surface area contributed by atoms with Crippen molar-refractivity contribution in [2.75, 3.05) is 0 Å². The normalized spacial score (nSPS) is 11.8. The van der Waals surface area contributed by atoms with E-state index in [2.05, 4.69) is 20.8 Å². The molecule has 0 saturated heterocycles. The predicted molar refractivity (Wildman–Crippen MR) is 67.9 cm³/mol. The molecule has 1 aromatic heterocycles. The molecular weight excluding hydrogens is 220 g/mol. The van der Waals surface area contributed by atoms with Crippen LogP contribution in [0.4, 0.5) is 0 Å². The van der Waals surface area contributed by atoms with E-state index in [1.54, 1.807) is 0 Å². The van der Waals surface area contributed by atoms with Crippen LogP contribution in [0.15, 0.2) is 40.8 Å². The lowest BCUT2D eigenvalue weighted by Gasteiger charge is -2.14. The number of hydrogen-bond acceptors (Lipinski definition) is 1. The van der Waals surface area contributed by atoms with Gasteiger partial charge in [-0.15, -0.1) is 0 Å². The SMILES string of the molecule is CC(C)(C)c1ccc(-c2ccc(Cl)cc2)o1. The van der Waals surface area contributed by atoms with Gasteiger partial charge in [-0.3, -0.25) is 0 Å². The average Bonchev–Trinajstić information content (AvgIpc) is 2.67. The van der Waals surface area contributed by atoms with Gasteiger partial charge in [-0.25, -0.2) is 0 Å². The first-order chi connectivity index (χ1) is 7.47. The summed E-state index contributed by atoms with van der Waals surface area (Å²) in [4.78, 5) is 0. The average molecular weight is 235 g/mol. The summed E-state index contributed by atoms with van der Waals surface area (Å²) in [5.74, 6) is 1.89. The molecule has 0 aliphatic rings. The third kappa shape index (κ3) is 2.30. The maximum absolute atomic E-state index is 5.85. The highest BCUT2D eigenvalue weighted by Crippen LogP contribution is 2.29. The van der Waals surface area contributed by atoms with E-state index in [-0.39, 0.29) is 5.41 Å². The van der Waals surface area contributed by atoms with Crippen LogP contribution < -0.4 is 0 Å². The molecule has 2 heteroatoms. The summed E-state index contributed by atoms with van der Waals surface area (Å²) in [5, 5.41) is 0.742. The van der Waals surface area contributed by atoms with Gasteiger partial charge in [0.1, 0.15) is 11.5 Å². The van der Waals surface area contributed by atoms with Crippen molar-refractivity contribution in [3.63, 3.8) is 0 Å². The van der Waals surface area contributed by atoms with Gasteiger partial charge in [0.2, 0.25) is 0 Å². The number of rotatable bonds is 1. The molecule has 2 rings (SSSR count). The summed E-state index contributed by atoms with van der Waals surface area (Å²) in [5.41, 5.74) is 1.10. The lowest BCUT2D eigenvalue weighted by molar-refractivity contribution is 0.417. The standard InChI is InChI=1S/C14H15ClO/c1-14(2,3)13-9-8-12(16-13)10-4-6-11(15)7-5-10/h4-9H,1-3H3. The Morgan fingerprint density at radius 1 is 0.938 bits per heavy atom. The summed E-state index contributed by atoms with van der Waals surface area (Å²) in [7, 11) is 0. The second-order valence-corrected chi connectivity index (χ2v) is 5.36. The summed E-state index contributed by atoms with van der Waals surface area (Å²) in [6.07, 6.45) is 0. The monoisotopic (exact) mass is 234 g/mol. The molecule has 0 spiro atoms. The van der Waals surface area contributed by atoms with Crippen molar-refractivity contribution in [1.82, 2.24) is 0 Å². The molecule has 0 amide bonds. The van der Waals surface area contributed by atoms with Crippen LogP contribution in [0.1, 0.15) is 26.5 Å². The highest BCUT2D eigenvalue weighted by molar-refractivity contribution is 6.30. The lowest BCUT2D eigenvalue weighted by atomic mass is 9.94. The summed E-state index contributed by atoms with van der Waals surface area (Å²) in [6, 6.07) is 11.7. The Kier molecular flexibility index (Phi) is 2.81. The van der Waals surface area contributed by atoms with Crippen LogP contribution in [-0.4, -0.2) is 0 Å². The Hall–Kier alpha value is -1.21. The van der Waals surface area contributed by atoms with Gasteiger partial charge in [-0.1, -0.05) is 32.4 Å². The fourth-order valence-electron chi connectivity index (χ4n) is 1.51. The van der Waals surface area contributed by atoms with Crippen molar-refractivity contribution in [1.29, 1.82) is 0 Å². The van der Waals surface area contributed by atoms with E-state index in [9.17, 15) is 0 Å². The topological polar surface area (TPSA) is 13.1 Å². The largest absolute Gasteiger partial charge is 0.461 e. The van der Waals surface area contributed by atoms with Crippen LogP contribution in [0.5, 0.6) is 0 Å². The molecule has 0 radical (unpaired) electrons. The molecule has 16 heavy (non-hydrogen) atoms. The molecule has 2 aromatic rings. The van der Waals surface area contributed by atoms with E-state index in [0.717, 1.165) is 22.1 Å². The van der Waals surface area contributed by atoms with E-state index in [4.69, 9.17) is 16.0 Å². The number of furan rings is 1. The Bertz CT molecular complexity index is 474. The Balaban J connectivity index is 2.35. The van der Waals surface area contributed by atoms with E-state index in [1.165, 1.54) is 0 Å². The fraction of sp³-hybridized carbons (Fsp3) is 0.286. The first kappa shape index (κ1) is 11.3. The maximum atomic E-state index is 5.85. The zero-order valence-corrected chi connectivity index (χ0v) is 10.5. The van der Waals surface area contributed by atoms with E-state index >= 15 is 0 Å². The van der Waals surface area contributed by atoms with Crippen LogP contribution in [0.2, 0.25) is 5.02 Å². The second kappa shape index (κ2) is 3.99. The second-order valence-electron chi connectivity index (χ2n) is 4.92. The van der Waals surface area contributed by atoms with Gasteiger partial charge in [-0.2, -0.15) is 0 Å². The van der Waals surface area contributed by atoms with Gasteiger partial charge in [-0.05, 0) is 36.4 Å². The Labute approximate surface area is 101 Å². The smallest absolute Gasteiger partial charge is 0.134 e. The molecule has 0 saturated carbocycles. The van der Waals surface area contributed by atoms with Crippen molar-refractivity contribution in [3.8, 4) is 11.3 Å². The molecular formula is C14H15ClO. The van der Waals surface area contributed by atoms with Crippen molar-refractivity contribution in [2.24, 2.45) is 0 Å². The quantitative estimate of drug-likeness (QED) is 0.684. The van der Waals surface area contributed by atoms with E-state index < -0.39 is 0 Å². The predicted octanol–water partition coefficient (Wildman–Crippen LogP) is 4.90. The fourth-order valence-corrected chi connectivity index (χ4v) is 1.64.